The van der Waals surface area contributed by atoms with E-state index in [-0.39, 0.29) is 23.7 Å². The van der Waals surface area contributed by atoms with E-state index in [0.29, 0.717) is 0 Å². The first-order valence-electron chi connectivity index (χ1n) is 8.36. The Morgan fingerprint density at radius 2 is 2.10 bits per heavy atom. The molecule has 1 aliphatic heterocycles. The first kappa shape index (κ1) is 23.0. The number of nitrogens with one attached hydrogen (secondary N) is 2. The Morgan fingerprint density at radius 3 is 2.73 bits per heavy atom. The van der Waals surface area contributed by atoms with E-state index in [2.05, 4.69) is 29.1 Å². The number of phosphoric acid groups is 2. The van der Waals surface area contributed by atoms with Crippen molar-refractivity contribution in [1.29, 1.82) is 0 Å². The van der Waals surface area contributed by atoms with Gasteiger partial charge in [0.2, 0.25) is 5.95 Å². The molecule has 1 saturated heterocycles. The van der Waals surface area contributed by atoms with Gasteiger partial charge in [-0.05, 0) is 7.05 Å². The Kier molecular flexibility index (Phi) is 6.46. The molecule has 1 aliphatic rings. The number of phosphoric ester groups is 1. The summed E-state index contributed by atoms with van der Waals surface area (Å²) < 4.78 is 37.8. The number of nitrogens with zero attached hydrogens (tertiary/aromatic N) is 3. The number of anilines is 1. The van der Waals surface area contributed by atoms with Crippen LogP contribution in [0, 0.1) is 5.92 Å². The van der Waals surface area contributed by atoms with E-state index in [1.807, 2.05) is 0 Å². The number of nitrogens with two attached hydrogens (primary N) is 1. The van der Waals surface area contributed by atoms with Crippen molar-refractivity contribution in [3.63, 3.8) is 0 Å². The molecule has 0 saturated carbocycles. The highest BCUT2D eigenvalue weighted by Crippen LogP contribution is 2.57. The van der Waals surface area contributed by atoms with Gasteiger partial charge in [-0.1, -0.05) is 0 Å². The molecule has 0 aliphatic carbocycles. The maximum Gasteiger partial charge on any atom is 0.481 e. The van der Waals surface area contributed by atoms with E-state index < -0.39 is 52.2 Å². The number of aromatic amines is 1. The Bertz CT molecular complexity index is 1070. The van der Waals surface area contributed by atoms with E-state index in [1.54, 1.807) is 7.05 Å². The quantitative estimate of drug-likeness (QED) is 0.207. The second-order valence-electron chi connectivity index (χ2n) is 6.39. The maximum atomic E-state index is 11.9. The number of aliphatic hydroxyl groups is 1. The summed E-state index contributed by atoms with van der Waals surface area (Å²) in [5.74, 6) is -0.865. The Labute approximate surface area is 167 Å². The van der Waals surface area contributed by atoms with Crippen LogP contribution in [0.1, 0.15) is 6.23 Å². The number of ether oxygens (including phenoxy) is 1. The maximum absolute atomic E-state index is 11.9. The van der Waals surface area contributed by atoms with Crippen LogP contribution >= 0.6 is 15.6 Å². The first-order chi connectivity index (χ1) is 13.9. The molecule has 168 valence electrons. The van der Waals surface area contributed by atoms with Crippen LogP contribution in [-0.4, -0.2) is 71.7 Å². The zero-order chi connectivity index (χ0) is 22.3. The molecule has 3 heterocycles. The molecule has 2 aromatic heterocycles. The predicted molar refractivity (Wildman–Crippen MR) is 98.8 cm³/mol. The molecular formula is C12H20N6O10P2. The third kappa shape index (κ3) is 4.95. The Hall–Kier alpha value is -1.71. The molecule has 8 N–H and O–H groups in total. The van der Waals surface area contributed by atoms with Crippen molar-refractivity contribution in [2.75, 3.05) is 25.9 Å². The van der Waals surface area contributed by atoms with Crippen molar-refractivity contribution >= 4 is 32.8 Å². The normalized spacial score (nSPS) is 26.8. The third-order valence-corrected chi connectivity index (χ3v) is 6.45. The van der Waals surface area contributed by atoms with Crippen LogP contribution in [0.25, 0.3) is 11.2 Å². The number of hydrogen-bond donors (Lipinski definition) is 7. The van der Waals surface area contributed by atoms with Crippen LogP contribution in [0.15, 0.2) is 11.1 Å². The van der Waals surface area contributed by atoms with Gasteiger partial charge in [-0.2, -0.15) is 9.29 Å². The van der Waals surface area contributed by atoms with Gasteiger partial charge < -0.3 is 35.6 Å². The summed E-state index contributed by atoms with van der Waals surface area (Å²) in [6.07, 6.45) is -2.11. The molecule has 16 nitrogen and oxygen atoms in total. The number of imidazole rings is 1. The standard InChI is InChI=1S/C12H20N6O10P2/c1-14-2-5-6(3-26-30(24,25)28-29(21,22)23)27-11(8(5)19)18-4-15-7-9(18)16-12(13)17-10(7)20/h4-6,8,11,14,19H,2-3H2,1H3,(H,24,25)(H2,21,22,23)(H3,13,16,17,20)/t5-,6-,8-,11-/m1/s1. The van der Waals surface area contributed by atoms with Crippen LogP contribution in [0.5, 0.6) is 0 Å². The summed E-state index contributed by atoms with van der Waals surface area (Å²) in [7, 11) is -8.79. The van der Waals surface area contributed by atoms with Gasteiger partial charge in [0.1, 0.15) is 6.10 Å². The number of fused-ring (bicyclic) bond motifs is 1. The molecule has 5 atom stereocenters. The van der Waals surface area contributed by atoms with Crippen LogP contribution in [0.4, 0.5) is 5.95 Å². The fraction of sp³-hybridized carbons (Fsp3) is 0.583. The molecule has 1 unspecified atom stereocenters. The second kappa shape index (κ2) is 8.43. The van der Waals surface area contributed by atoms with Crippen molar-refractivity contribution in [2.45, 2.75) is 18.4 Å². The lowest BCUT2D eigenvalue weighted by Gasteiger charge is -2.20. The van der Waals surface area contributed by atoms with E-state index in [1.165, 1.54) is 10.9 Å². The summed E-state index contributed by atoms with van der Waals surface area (Å²) in [6, 6.07) is 0. The number of nitrogen functional groups attached to an aromatic ring is 1. The van der Waals surface area contributed by atoms with Crippen LogP contribution in [0.2, 0.25) is 0 Å². The SMILES string of the molecule is CNC[C@H]1[C@@H](O)[C@H](n2cnc3c(=O)[nH]c(N)nc32)O[C@@H]1COP(=O)(O)OP(=O)(O)O. The predicted octanol–water partition coefficient (Wildman–Crippen LogP) is -1.98. The summed E-state index contributed by atoms with van der Waals surface area (Å²) in [4.78, 5) is 49.0. The van der Waals surface area contributed by atoms with Crippen LogP contribution in [0.3, 0.4) is 0 Å². The lowest BCUT2D eigenvalue weighted by atomic mass is 9.98. The van der Waals surface area contributed by atoms with Crippen molar-refractivity contribution in [3.8, 4) is 0 Å². The van der Waals surface area contributed by atoms with Gasteiger partial charge in [0, 0.05) is 12.5 Å². The van der Waals surface area contributed by atoms with Crippen molar-refractivity contribution in [3.05, 3.63) is 16.7 Å². The highest BCUT2D eigenvalue weighted by atomic mass is 31.3. The molecule has 0 amide bonds. The first-order valence-corrected chi connectivity index (χ1v) is 11.4. The summed E-state index contributed by atoms with van der Waals surface area (Å²) in [5, 5.41) is 13.6. The fourth-order valence-corrected chi connectivity index (χ4v) is 4.73. The molecule has 0 spiro atoms. The van der Waals surface area contributed by atoms with Crippen molar-refractivity contribution in [1.82, 2.24) is 24.8 Å². The van der Waals surface area contributed by atoms with Gasteiger partial charge >= 0.3 is 15.6 Å². The molecular weight excluding hydrogens is 450 g/mol. The molecule has 0 radical (unpaired) electrons. The topological polar surface area (TPSA) is 244 Å². The van der Waals surface area contributed by atoms with Gasteiger partial charge in [0.25, 0.3) is 5.56 Å². The largest absolute Gasteiger partial charge is 0.481 e. The summed E-state index contributed by atoms with van der Waals surface area (Å²) in [5.41, 5.74) is 4.97. The number of rotatable bonds is 8. The number of aliphatic hydroxyl groups excluding tert-OH is 1. The van der Waals surface area contributed by atoms with Crippen LogP contribution < -0.4 is 16.6 Å². The van der Waals surface area contributed by atoms with E-state index in [9.17, 15) is 23.9 Å². The highest BCUT2D eigenvalue weighted by Gasteiger charge is 2.46. The van der Waals surface area contributed by atoms with E-state index >= 15 is 0 Å². The Balaban J connectivity index is 1.85. The number of H-pyrrole nitrogens is 1. The van der Waals surface area contributed by atoms with E-state index in [0.717, 1.165) is 0 Å². The van der Waals surface area contributed by atoms with Crippen LogP contribution in [-0.2, 0) is 22.7 Å². The van der Waals surface area contributed by atoms with Gasteiger partial charge in [-0.3, -0.25) is 18.9 Å². The average molecular weight is 470 g/mol. The van der Waals surface area contributed by atoms with E-state index in [4.69, 9.17) is 20.3 Å². The van der Waals surface area contributed by atoms with Gasteiger partial charge in [0.05, 0.1) is 19.0 Å². The molecule has 1 fully saturated rings. The molecule has 0 bridgehead atoms. The van der Waals surface area contributed by atoms with Gasteiger partial charge in [0.15, 0.2) is 17.4 Å². The molecule has 18 heteroatoms. The minimum atomic E-state index is -5.28. The summed E-state index contributed by atoms with van der Waals surface area (Å²) >= 11 is 0. The number of hydrogen-bond acceptors (Lipinski definition) is 11. The highest BCUT2D eigenvalue weighted by molar-refractivity contribution is 7.60. The third-order valence-electron chi connectivity index (χ3n) is 4.30. The smallest absolute Gasteiger partial charge is 0.388 e. The zero-order valence-corrected chi connectivity index (χ0v) is 17.1. The minimum Gasteiger partial charge on any atom is -0.388 e. The van der Waals surface area contributed by atoms with Gasteiger partial charge in [-0.25, -0.2) is 14.1 Å². The molecule has 0 aromatic carbocycles. The minimum absolute atomic E-state index is 0.0419. The zero-order valence-electron chi connectivity index (χ0n) is 15.4. The number of aromatic nitrogens is 4. The lowest BCUT2D eigenvalue weighted by Crippen LogP contribution is -2.36. The molecule has 30 heavy (non-hydrogen) atoms. The molecule has 3 rings (SSSR count). The lowest BCUT2D eigenvalue weighted by molar-refractivity contribution is -0.0486. The average Bonchev–Trinajstić information content (AvgIpc) is 3.14. The van der Waals surface area contributed by atoms with Crippen molar-refractivity contribution < 1.29 is 42.5 Å². The molecule has 2 aromatic rings. The monoisotopic (exact) mass is 470 g/mol. The fourth-order valence-electron chi connectivity index (χ4n) is 3.13. The van der Waals surface area contributed by atoms with Crippen molar-refractivity contribution in [2.24, 2.45) is 5.92 Å². The Morgan fingerprint density at radius 1 is 1.40 bits per heavy atom. The summed E-state index contributed by atoms with van der Waals surface area (Å²) in [6.45, 7) is -0.458. The van der Waals surface area contributed by atoms with Gasteiger partial charge in [-0.15, -0.1) is 0 Å². The second-order valence-corrected chi connectivity index (χ2v) is 9.22.